The third-order valence-corrected chi connectivity index (χ3v) is 9.06. The summed E-state index contributed by atoms with van der Waals surface area (Å²) in [5, 5.41) is 0. The average molecular weight is 623 g/mol. The molecule has 1 fully saturated rings. The molecule has 0 aliphatic heterocycles. The predicted octanol–water partition coefficient (Wildman–Crippen LogP) is 11.4. The van der Waals surface area contributed by atoms with E-state index in [9.17, 15) is 0 Å². The largest absolute Gasteiger partial charge is 0.490 e. The van der Waals surface area contributed by atoms with Crippen LogP contribution >= 0.6 is 0 Å². The van der Waals surface area contributed by atoms with Crippen molar-refractivity contribution in [3.05, 3.63) is 120 Å². The van der Waals surface area contributed by atoms with Gasteiger partial charge in [-0.3, -0.25) is 0 Å². The molecule has 246 valence electrons. The first-order valence-electron chi connectivity index (χ1n) is 17.4. The molecule has 0 heterocycles. The summed E-state index contributed by atoms with van der Waals surface area (Å²) in [5.41, 5.74) is 4.20. The van der Waals surface area contributed by atoms with Gasteiger partial charge in [0.2, 0.25) is 0 Å². The van der Waals surface area contributed by atoms with E-state index in [2.05, 4.69) is 88.4 Å². The van der Waals surface area contributed by atoms with Gasteiger partial charge in [-0.05, 0) is 109 Å². The van der Waals surface area contributed by atoms with Crippen LogP contribution < -0.4 is 18.9 Å². The second-order valence-corrected chi connectivity index (χ2v) is 12.4. The van der Waals surface area contributed by atoms with Crippen LogP contribution in [0, 0.1) is 0 Å². The van der Waals surface area contributed by atoms with Crippen molar-refractivity contribution < 1.29 is 18.9 Å². The first kappa shape index (κ1) is 34.9. The Morgan fingerprint density at radius 3 is 1.24 bits per heavy atom. The summed E-state index contributed by atoms with van der Waals surface area (Å²) in [6, 6.07) is 35.2. The van der Waals surface area contributed by atoms with Crippen molar-refractivity contribution >= 4 is 0 Å². The summed E-state index contributed by atoms with van der Waals surface area (Å²) in [5.74, 6) is 5.57. The zero-order chi connectivity index (χ0) is 32.4. The monoisotopic (exact) mass is 622 g/mol. The summed E-state index contributed by atoms with van der Waals surface area (Å²) in [4.78, 5) is 0. The Bertz CT molecular complexity index is 1340. The fourth-order valence-electron chi connectivity index (χ4n) is 5.68. The summed E-state index contributed by atoms with van der Waals surface area (Å²) in [6.07, 6.45) is 9.14. The number of benzene rings is 4. The molecule has 1 aliphatic rings. The minimum absolute atomic E-state index is 0.553. The molecule has 2 atom stereocenters. The van der Waals surface area contributed by atoms with Crippen LogP contribution in [-0.2, 0) is 0 Å². The number of para-hydroxylation sites is 1. The van der Waals surface area contributed by atoms with E-state index in [1.807, 2.05) is 42.5 Å². The van der Waals surface area contributed by atoms with Gasteiger partial charge in [0, 0.05) is 0 Å². The van der Waals surface area contributed by atoms with Gasteiger partial charge in [0.05, 0.1) is 0 Å². The van der Waals surface area contributed by atoms with Crippen LogP contribution in [0.25, 0.3) is 0 Å². The van der Waals surface area contributed by atoms with Gasteiger partial charge in [-0.1, -0.05) is 102 Å². The van der Waals surface area contributed by atoms with Crippen molar-refractivity contribution in [2.75, 3.05) is 26.4 Å². The van der Waals surface area contributed by atoms with Crippen LogP contribution in [0.4, 0.5) is 0 Å². The van der Waals surface area contributed by atoms with Crippen LogP contribution in [0.2, 0.25) is 0 Å². The van der Waals surface area contributed by atoms with Gasteiger partial charge < -0.3 is 18.9 Å². The highest BCUT2D eigenvalue weighted by Gasteiger charge is 2.15. The summed E-state index contributed by atoms with van der Waals surface area (Å²) >= 11 is 0. The molecule has 1 saturated carbocycles. The van der Waals surface area contributed by atoms with E-state index >= 15 is 0 Å². The Morgan fingerprint density at radius 2 is 0.848 bits per heavy atom. The van der Waals surface area contributed by atoms with E-state index in [0.717, 1.165) is 41.8 Å². The van der Waals surface area contributed by atoms with Crippen molar-refractivity contribution in [2.24, 2.45) is 0 Å². The molecule has 0 radical (unpaired) electrons. The summed E-state index contributed by atoms with van der Waals surface area (Å²) in [6.45, 7) is 11.1. The normalized spacial score (nSPS) is 14.3. The molecule has 5 rings (SSSR count). The zero-order valence-electron chi connectivity index (χ0n) is 28.5. The first-order chi connectivity index (χ1) is 22.6. The molecule has 0 amide bonds. The van der Waals surface area contributed by atoms with Crippen molar-refractivity contribution in [1.82, 2.24) is 0 Å². The third-order valence-electron chi connectivity index (χ3n) is 9.06. The molecule has 4 heteroatoms. The standard InChI is InChI=1S/C24H32O2.C18H22O2/c1-3-19(2)20-9-13-23(14-10-20)25-17-18-26-24-15-11-22(12-16-24)21-7-5-4-6-8-21;1-3-15(2)16-9-11-18(12-10-16)20-14-13-19-17-7-5-4-6-8-17/h9-16,19,21H,3-8,17-18H2,1-2H3;4-12,15H,3,13-14H2,1-2H3. The second-order valence-electron chi connectivity index (χ2n) is 12.4. The molecular weight excluding hydrogens is 568 g/mol. The lowest BCUT2D eigenvalue weighted by Crippen LogP contribution is -2.09. The molecule has 0 spiro atoms. The van der Waals surface area contributed by atoms with E-state index in [1.165, 1.54) is 48.8 Å². The number of ether oxygens (including phenoxy) is 4. The van der Waals surface area contributed by atoms with Crippen molar-refractivity contribution in [1.29, 1.82) is 0 Å². The average Bonchev–Trinajstić information content (AvgIpc) is 3.13. The van der Waals surface area contributed by atoms with Crippen LogP contribution in [-0.4, -0.2) is 26.4 Å². The minimum Gasteiger partial charge on any atom is -0.490 e. The predicted molar refractivity (Wildman–Crippen MR) is 191 cm³/mol. The fraction of sp³-hybridized carbons (Fsp3) is 0.429. The smallest absolute Gasteiger partial charge is 0.122 e. The van der Waals surface area contributed by atoms with Crippen LogP contribution in [0.3, 0.4) is 0 Å². The van der Waals surface area contributed by atoms with E-state index in [1.54, 1.807) is 0 Å². The SMILES string of the molecule is CCC(C)c1ccc(OCCOc2ccc(C3CCCCC3)cc2)cc1.CCC(C)c1ccc(OCCOc2ccccc2)cc1. The highest BCUT2D eigenvalue weighted by Crippen LogP contribution is 2.33. The van der Waals surface area contributed by atoms with Gasteiger partial charge in [0.1, 0.15) is 49.4 Å². The van der Waals surface area contributed by atoms with Gasteiger partial charge in [-0.2, -0.15) is 0 Å². The highest BCUT2D eigenvalue weighted by atomic mass is 16.5. The number of hydrogen-bond donors (Lipinski definition) is 0. The third kappa shape index (κ3) is 11.8. The Morgan fingerprint density at radius 1 is 0.478 bits per heavy atom. The Labute approximate surface area is 278 Å². The van der Waals surface area contributed by atoms with E-state index < -0.39 is 0 Å². The van der Waals surface area contributed by atoms with E-state index in [4.69, 9.17) is 18.9 Å². The quantitative estimate of drug-likeness (QED) is 0.124. The number of rotatable bonds is 15. The van der Waals surface area contributed by atoms with Gasteiger partial charge in [0.15, 0.2) is 0 Å². The Hall–Kier alpha value is -3.92. The first-order valence-corrected chi connectivity index (χ1v) is 17.4. The molecule has 46 heavy (non-hydrogen) atoms. The summed E-state index contributed by atoms with van der Waals surface area (Å²) < 4.78 is 22.9. The molecule has 2 unspecified atom stereocenters. The van der Waals surface area contributed by atoms with Gasteiger partial charge in [-0.15, -0.1) is 0 Å². The fourth-order valence-corrected chi connectivity index (χ4v) is 5.68. The van der Waals surface area contributed by atoms with Crippen molar-refractivity contribution in [3.8, 4) is 23.0 Å². The molecular formula is C42H54O4. The van der Waals surface area contributed by atoms with E-state index in [0.29, 0.717) is 38.3 Å². The lowest BCUT2D eigenvalue weighted by atomic mass is 9.84. The molecule has 0 aromatic heterocycles. The van der Waals surface area contributed by atoms with Gasteiger partial charge >= 0.3 is 0 Å². The molecule has 0 N–H and O–H groups in total. The molecule has 0 saturated heterocycles. The van der Waals surface area contributed by atoms with Crippen LogP contribution in [0.5, 0.6) is 23.0 Å². The molecule has 4 aromatic rings. The Balaban J connectivity index is 0.000000216. The molecule has 4 aromatic carbocycles. The Kier molecular flexibility index (Phi) is 14.9. The second kappa shape index (κ2) is 19.6. The van der Waals surface area contributed by atoms with Crippen LogP contribution in [0.15, 0.2) is 103 Å². The van der Waals surface area contributed by atoms with Gasteiger partial charge in [-0.25, -0.2) is 0 Å². The minimum atomic E-state index is 0.553. The van der Waals surface area contributed by atoms with Crippen LogP contribution in [0.1, 0.15) is 107 Å². The molecule has 4 nitrogen and oxygen atoms in total. The zero-order valence-corrected chi connectivity index (χ0v) is 28.5. The molecule has 0 bridgehead atoms. The maximum atomic E-state index is 5.82. The maximum absolute atomic E-state index is 5.82. The highest BCUT2D eigenvalue weighted by molar-refractivity contribution is 5.31. The van der Waals surface area contributed by atoms with Crippen molar-refractivity contribution in [3.63, 3.8) is 0 Å². The summed E-state index contributed by atoms with van der Waals surface area (Å²) in [7, 11) is 0. The maximum Gasteiger partial charge on any atom is 0.122 e. The molecule has 1 aliphatic carbocycles. The lowest BCUT2D eigenvalue weighted by molar-refractivity contribution is 0.217. The van der Waals surface area contributed by atoms with Gasteiger partial charge in [0.25, 0.3) is 0 Å². The number of hydrogen-bond acceptors (Lipinski definition) is 4. The van der Waals surface area contributed by atoms with E-state index in [-0.39, 0.29) is 0 Å². The van der Waals surface area contributed by atoms with Crippen molar-refractivity contribution in [2.45, 2.75) is 90.4 Å². The topological polar surface area (TPSA) is 36.9 Å². The lowest BCUT2D eigenvalue weighted by Gasteiger charge is -2.22.